The number of hydrogen-bond acceptors (Lipinski definition) is 2. The van der Waals surface area contributed by atoms with Gasteiger partial charge in [0, 0.05) is 6.54 Å². The first-order valence-corrected chi connectivity index (χ1v) is 3.67. The van der Waals surface area contributed by atoms with Gasteiger partial charge in [-0.05, 0) is 20.3 Å². The highest BCUT2D eigenvalue weighted by molar-refractivity contribution is 5.76. The molecule has 0 bridgehead atoms. The van der Waals surface area contributed by atoms with Gasteiger partial charge >= 0.3 is 0 Å². The predicted octanol–water partition coefficient (Wildman–Crippen LogP) is 0.451. The molecule has 0 radical (unpaired) electrons. The number of carbonyl (C=O) groups is 1. The van der Waals surface area contributed by atoms with Crippen molar-refractivity contribution >= 4 is 5.91 Å². The van der Waals surface area contributed by atoms with Gasteiger partial charge in [0.05, 0.1) is 0 Å². The third-order valence-corrected chi connectivity index (χ3v) is 1.16. The van der Waals surface area contributed by atoms with E-state index in [2.05, 4.69) is 5.32 Å². The summed E-state index contributed by atoms with van der Waals surface area (Å²) in [5.74, 6) is -0.313. The molecule has 0 aromatic rings. The van der Waals surface area contributed by atoms with Gasteiger partial charge in [0.2, 0.25) is 5.91 Å². The molecule has 0 atom stereocenters. The van der Waals surface area contributed by atoms with Gasteiger partial charge in [-0.3, -0.25) is 4.79 Å². The lowest BCUT2D eigenvalue weighted by molar-refractivity contribution is -0.123. The molecule has 0 aliphatic heterocycles. The standard InChI is InChI=1S/C8H15NO2/c1-7(2)4-3-5-9-8(11)6-10/h4,10H,3,5-6H2,1-2H3,(H,9,11). The summed E-state index contributed by atoms with van der Waals surface area (Å²) >= 11 is 0. The molecule has 0 saturated carbocycles. The maximum absolute atomic E-state index is 10.5. The Hall–Kier alpha value is -0.830. The van der Waals surface area contributed by atoms with E-state index in [4.69, 9.17) is 5.11 Å². The molecule has 11 heavy (non-hydrogen) atoms. The van der Waals surface area contributed by atoms with Crippen LogP contribution in [0.1, 0.15) is 20.3 Å². The van der Waals surface area contributed by atoms with Gasteiger partial charge in [0.25, 0.3) is 0 Å². The third-order valence-electron chi connectivity index (χ3n) is 1.16. The van der Waals surface area contributed by atoms with Gasteiger partial charge in [-0.25, -0.2) is 0 Å². The van der Waals surface area contributed by atoms with Crippen molar-refractivity contribution in [2.24, 2.45) is 0 Å². The largest absolute Gasteiger partial charge is 0.387 e. The van der Waals surface area contributed by atoms with Crippen LogP contribution >= 0.6 is 0 Å². The van der Waals surface area contributed by atoms with Crippen LogP contribution in [0.15, 0.2) is 11.6 Å². The lowest BCUT2D eigenvalue weighted by Gasteiger charge is -1.99. The lowest BCUT2D eigenvalue weighted by Crippen LogP contribution is -2.26. The van der Waals surface area contributed by atoms with Crippen LogP contribution in [0.2, 0.25) is 0 Å². The number of carbonyl (C=O) groups excluding carboxylic acids is 1. The van der Waals surface area contributed by atoms with Crippen molar-refractivity contribution in [2.45, 2.75) is 20.3 Å². The molecule has 0 heterocycles. The second-order valence-electron chi connectivity index (χ2n) is 2.58. The van der Waals surface area contributed by atoms with Crippen molar-refractivity contribution in [3.63, 3.8) is 0 Å². The van der Waals surface area contributed by atoms with Crippen molar-refractivity contribution in [2.75, 3.05) is 13.2 Å². The fraction of sp³-hybridized carbons (Fsp3) is 0.625. The SMILES string of the molecule is CC(C)=CCCNC(=O)CO. The number of rotatable bonds is 4. The first-order valence-electron chi connectivity index (χ1n) is 3.67. The van der Waals surface area contributed by atoms with Crippen molar-refractivity contribution in [3.8, 4) is 0 Å². The molecule has 0 spiro atoms. The Bertz CT molecular complexity index is 148. The average Bonchev–Trinajstić information content (AvgIpc) is 1.97. The number of allylic oxidation sites excluding steroid dienone is 1. The highest BCUT2D eigenvalue weighted by atomic mass is 16.3. The molecule has 2 N–H and O–H groups in total. The number of hydrogen-bond donors (Lipinski definition) is 2. The molecule has 0 aromatic carbocycles. The number of aliphatic hydroxyl groups excluding tert-OH is 1. The summed E-state index contributed by atoms with van der Waals surface area (Å²) in [5.41, 5.74) is 1.24. The number of nitrogens with one attached hydrogen (secondary N) is 1. The second-order valence-corrected chi connectivity index (χ2v) is 2.58. The van der Waals surface area contributed by atoms with E-state index in [0.717, 1.165) is 6.42 Å². The maximum atomic E-state index is 10.5. The Morgan fingerprint density at radius 1 is 1.55 bits per heavy atom. The summed E-state index contributed by atoms with van der Waals surface area (Å²) in [5, 5.41) is 10.9. The van der Waals surface area contributed by atoms with Crippen LogP contribution in [-0.2, 0) is 4.79 Å². The molecule has 1 amide bonds. The van der Waals surface area contributed by atoms with Crippen LogP contribution in [0, 0.1) is 0 Å². The molecular weight excluding hydrogens is 142 g/mol. The summed E-state index contributed by atoms with van der Waals surface area (Å²) in [6.45, 7) is 4.20. The van der Waals surface area contributed by atoms with Crippen LogP contribution in [0.4, 0.5) is 0 Å². The van der Waals surface area contributed by atoms with Crippen LogP contribution in [0.25, 0.3) is 0 Å². The summed E-state index contributed by atoms with van der Waals surface area (Å²) in [6, 6.07) is 0. The van der Waals surface area contributed by atoms with E-state index < -0.39 is 6.61 Å². The van der Waals surface area contributed by atoms with E-state index in [0.29, 0.717) is 6.54 Å². The van der Waals surface area contributed by atoms with Crippen LogP contribution in [0.5, 0.6) is 0 Å². The van der Waals surface area contributed by atoms with Crippen LogP contribution < -0.4 is 5.32 Å². The summed E-state index contributed by atoms with van der Waals surface area (Å²) in [6.07, 6.45) is 2.87. The molecule has 0 aliphatic carbocycles. The Morgan fingerprint density at radius 2 is 2.18 bits per heavy atom. The fourth-order valence-corrected chi connectivity index (χ4v) is 0.628. The van der Waals surface area contributed by atoms with E-state index in [1.165, 1.54) is 5.57 Å². The quantitative estimate of drug-likeness (QED) is 0.460. The van der Waals surface area contributed by atoms with E-state index in [-0.39, 0.29) is 5.91 Å². The van der Waals surface area contributed by atoms with Crippen LogP contribution in [-0.4, -0.2) is 24.2 Å². The number of aliphatic hydroxyl groups is 1. The molecule has 0 fully saturated rings. The average molecular weight is 157 g/mol. The molecule has 0 unspecified atom stereocenters. The maximum Gasteiger partial charge on any atom is 0.245 e. The van der Waals surface area contributed by atoms with E-state index in [9.17, 15) is 4.79 Å². The summed E-state index contributed by atoms with van der Waals surface area (Å²) in [4.78, 5) is 10.5. The first kappa shape index (κ1) is 10.2. The van der Waals surface area contributed by atoms with Crippen molar-refractivity contribution < 1.29 is 9.90 Å². The Labute approximate surface area is 67.1 Å². The zero-order valence-electron chi connectivity index (χ0n) is 7.05. The minimum atomic E-state index is -0.422. The Kier molecular flexibility index (Phi) is 5.47. The van der Waals surface area contributed by atoms with Gasteiger partial charge in [-0.1, -0.05) is 11.6 Å². The molecule has 0 aromatic heterocycles. The highest BCUT2D eigenvalue weighted by Crippen LogP contribution is 1.90. The minimum absolute atomic E-state index is 0.313. The zero-order chi connectivity index (χ0) is 8.69. The molecule has 3 heteroatoms. The van der Waals surface area contributed by atoms with E-state index in [1.54, 1.807) is 0 Å². The first-order chi connectivity index (χ1) is 5.16. The molecule has 3 nitrogen and oxygen atoms in total. The topological polar surface area (TPSA) is 49.3 Å². The van der Waals surface area contributed by atoms with Gasteiger partial charge in [-0.15, -0.1) is 0 Å². The fourth-order valence-electron chi connectivity index (χ4n) is 0.628. The van der Waals surface area contributed by atoms with E-state index >= 15 is 0 Å². The smallest absolute Gasteiger partial charge is 0.245 e. The van der Waals surface area contributed by atoms with Crippen molar-refractivity contribution in [1.29, 1.82) is 0 Å². The zero-order valence-corrected chi connectivity index (χ0v) is 7.05. The van der Waals surface area contributed by atoms with Crippen molar-refractivity contribution in [1.82, 2.24) is 5.32 Å². The lowest BCUT2D eigenvalue weighted by atomic mass is 10.3. The normalized spacial score (nSPS) is 9.00. The second kappa shape index (κ2) is 5.92. The molecule has 0 aliphatic rings. The van der Waals surface area contributed by atoms with Gasteiger partial charge in [0.1, 0.15) is 6.61 Å². The third kappa shape index (κ3) is 7.06. The summed E-state index contributed by atoms with van der Waals surface area (Å²) in [7, 11) is 0. The molecule has 0 saturated heterocycles. The van der Waals surface area contributed by atoms with Gasteiger partial charge in [0.15, 0.2) is 0 Å². The molecule has 64 valence electrons. The van der Waals surface area contributed by atoms with E-state index in [1.807, 2.05) is 19.9 Å². The Morgan fingerprint density at radius 3 is 2.64 bits per heavy atom. The van der Waals surface area contributed by atoms with Crippen molar-refractivity contribution in [3.05, 3.63) is 11.6 Å². The number of amides is 1. The summed E-state index contributed by atoms with van der Waals surface area (Å²) < 4.78 is 0. The minimum Gasteiger partial charge on any atom is -0.387 e. The highest BCUT2D eigenvalue weighted by Gasteiger charge is 1.93. The molecular formula is C8H15NO2. The monoisotopic (exact) mass is 157 g/mol. The predicted molar refractivity (Wildman–Crippen MR) is 44.1 cm³/mol. The van der Waals surface area contributed by atoms with Gasteiger partial charge < -0.3 is 10.4 Å². The van der Waals surface area contributed by atoms with Gasteiger partial charge in [-0.2, -0.15) is 0 Å². The molecule has 0 rings (SSSR count). The Balaban J connectivity index is 3.28. The van der Waals surface area contributed by atoms with Crippen LogP contribution in [0.3, 0.4) is 0 Å².